The molecule has 5 nitrogen and oxygen atoms in total. The number of hydrogen-bond donors (Lipinski definition) is 0. The first kappa shape index (κ1) is 22.3. The maximum Gasteiger partial charge on any atom is 0.349 e. The van der Waals surface area contributed by atoms with Crippen molar-refractivity contribution < 1.29 is 9.21 Å². The maximum absolute atomic E-state index is 13.1. The van der Waals surface area contributed by atoms with Crippen molar-refractivity contribution in [3.63, 3.8) is 0 Å². The predicted octanol–water partition coefficient (Wildman–Crippen LogP) is 5.38. The quantitative estimate of drug-likeness (QED) is 0.265. The topological polar surface area (TPSA) is 53.8 Å². The van der Waals surface area contributed by atoms with E-state index in [1.165, 1.54) is 6.08 Å². The van der Waals surface area contributed by atoms with Crippen molar-refractivity contribution in [1.82, 2.24) is 0 Å². The number of benzene rings is 2. The molecule has 0 saturated carbocycles. The number of para-hydroxylation sites is 1. The highest BCUT2D eigenvalue weighted by Crippen LogP contribution is 2.29. The van der Waals surface area contributed by atoms with E-state index in [1.54, 1.807) is 12.1 Å². The molecule has 0 amide bonds. The van der Waals surface area contributed by atoms with Gasteiger partial charge in [-0.1, -0.05) is 30.3 Å². The molecule has 0 fully saturated rings. The Kier molecular flexibility index (Phi) is 7.29. The van der Waals surface area contributed by atoms with E-state index in [-0.39, 0.29) is 11.3 Å². The maximum atomic E-state index is 13.1. The standard InChI is InChI=1S/C26H30N2O3/c1-5-27(6-2)20-16-13-19(14-17-20)15-18-22(29)24-25(28(7-3)8-4)21-11-9-10-12-23(21)31-26(24)30/h9-18H,5-8H2,1-4H3. The van der Waals surface area contributed by atoms with Crippen molar-refractivity contribution in [3.05, 3.63) is 76.2 Å². The van der Waals surface area contributed by atoms with Crippen LogP contribution in [0.5, 0.6) is 0 Å². The van der Waals surface area contributed by atoms with Crippen molar-refractivity contribution in [2.24, 2.45) is 0 Å². The third kappa shape index (κ3) is 4.71. The normalized spacial score (nSPS) is 11.2. The Balaban J connectivity index is 1.99. The van der Waals surface area contributed by atoms with E-state index in [4.69, 9.17) is 4.42 Å². The van der Waals surface area contributed by atoms with Crippen LogP contribution in [-0.2, 0) is 0 Å². The molecule has 0 aliphatic rings. The van der Waals surface area contributed by atoms with Gasteiger partial charge in [0.05, 0.1) is 5.69 Å². The molecule has 0 spiro atoms. The molecule has 3 rings (SSSR count). The molecular formula is C26H30N2O3. The van der Waals surface area contributed by atoms with Crippen molar-refractivity contribution in [3.8, 4) is 0 Å². The summed E-state index contributed by atoms with van der Waals surface area (Å²) in [6, 6.07) is 15.4. The van der Waals surface area contributed by atoms with Gasteiger partial charge in [0, 0.05) is 37.3 Å². The van der Waals surface area contributed by atoms with Crippen LogP contribution in [-0.4, -0.2) is 32.0 Å². The van der Waals surface area contributed by atoms with E-state index in [1.807, 2.05) is 61.2 Å². The van der Waals surface area contributed by atoms with Gasteiger partial charge in [0.1, 0.15) is 11.1 Å². The lowest BCUT2D eigenvalue weighted by molar-refractivity contribution is 0.104. The van der Waals surface area contributed by atoms with Gasteiger partial charge in [-0.2, -0.15) is 0 Å². The van der Waals surface area contributed by atoms with Gasteiger partial charge in [-0.15, -0.1) is 0 Å². The molecular weight excluding hydrogens is 388 g/mol. The third-order valence-corrected chi connectivity index (χ3v) is 5.56. The first-order chi connectivity index (χ1) is 15.0. The average Bonchev–Trinajstić information content (AvgIpc) is 2.79. The molecule has 0 saturated heterocycles. The van der Waals surface area contributed by atoms with E-state index in [2.05, 4.69) is 18.7 Å². The van der Waals surface area contributed by atoms with Crippen LogP contribution in [0.1, 0.15) is 43.6 Å². The highest BCUT2D eigenvalue weighted by molar-refractivity contribution is 6.14. The van der Waals surface area contributed by atoms with Gasteiger partial charge < -0.3 is 14.2 Å². The molecule has 1 aromatic heterocycles. The van der Waals surface area contributed by atoms with Crippen LogP contribution in [0.15, 0.2) is 63.8 Å². The molecule has 1 heterocycles. The molecule has 0 unspecified atom stereocenters. The number of carbonyl (C=O) groups is 1. The van der Waals surface area contributed by atoms with Crippen molar-refractivity contribution in [2.45, 2.75) is 27.7 Å². The fraction of sp³-hybridized carbons (Fsp3) is 0.308. The number of carbonyl (C=O) groups excluding carboxylic acids is 1. The first-order valence-electron chi connectivity index (χ1n) is 10.9. The minimum Gasteiger partial charge on any atom is -0.422 e. The number of rotatable bonds is 9. The minimum atomic E-state index is -0.605. The van der Waals surface area contributed by atoms with Gasteiger partial charge >= 0.3 is 5.63 Å². The molecule has 2 aromatic carbocycles. The lowest BCUT2D eigenvalue weighted by atomic mass is 10.0. The lowest BCUT2D eigenvalue weighted by Gasteiger charge is -2.24. The lowest BCUT2D eigenvalue weighted by Crippen LogP contribution is -2.27. The van der Waals surface area contributed by atoms with Gasteiger partial charge in [0.2, 0.25) is 0 Å². The van der Waals surface area contributed by atoms with Crippen LogP contribution < -0.4 is 15.4 Å². The Hall–Kier alpha value is -3.34. The Labute approximate surface area is 183 Å². The second-order valence-corrected chi connectivity index (χ2v) is 7.24. The zero-order chi connectivity index (χ0) is 22.4. The highest BCUT2D eigenvalue weighted by Gasteiger charge is 2.22. The Morgan fingerprint density at radius 1 is 0.871 bits per heavy atom. The molecule has 0 atom stereocenters. The molecule has 0 N–H and O–H groups in total. The number of allylic oxidation sites excluding steroid dienone is 1. The highest BCUT2D eigenvalue weighted by atomic mass is 16.4. The Morgan fingerprint density at radius 3 is 2.10 bits per heavy atom. The van der Waals surface area contributed by atoms with Crippen LogP contribution in [0.25, 0.3) is 17.0 Å². The molecule has 0 bridgehead atoms. The van der Waals surface area contributed by atoms with Gasteiger partial charge in [0.25, 0.3) is 0 Å². The number of anilines is 2. The van der Waals surface area contributed by atoms with Crippen LogP contribution in [0.3, 0.4) is 0 Å². The summed E-state index contributed by atoms with van der Waals surface area (Å²) in [5.74, 6) is -0.353. The number of ketones is 1. The Morgan fingerprint density at radius 2 is 1.48 bits per heavy atom. The summed E-state index contributed by atoms with van der Waals surface area (Å²) in [5.41, 5.74) is 2.65. The third-order valence-electron chi connectivity index (χ3n) is 5.56. The molecule has 162 valence electrons. The van der Waals surface area contributed by atoms with Crippen LogP contribution in [0, 0.1) is 0 Å². The van der Waals surface area contributed by atoms with Gasteiger partial charge in [-0.05, 0) is 63.6 Å². The predicted molar refractivity (Wildman–Crippen MR) is 129 cm³/mol. The van der Waals surface area contributed by atoms with E-state index in [0.717, 1.165) is 29.7 Å². The molecule has 0 aliphatic carbocycles. The second-order valence-electron chi connectivity index (χ2n) is 7.24. The van der Waals surface area contributed by atoms with E-state index >= 15 is 0 Å². The van der Waals surface area contributed by atoms with Crippen molar-refractivity contribution in [2.75, 3.05) is 36.0 Å². The average molecular weight is 419 g/mol. The number of nitrogens with zero attached hydrogens (tertiary/aromatic N) is 2. The zero-order valence-electron chi connectivity index (χ0n) is 18.7. The largest absolute Gasteiger partial charge is 0.422 e. The number of hydrogen-bond acceptors (Lipinski definition) is 5. The van der Waals surface area contributed by atoms with Gasteiger partial charge in [-0.25, -0.2) is 4.79 Å². The second kappa shape index (κ2) is 10.1. The van der Waals surface area contributed by atoms with Crippen molar-refractivity contribution in [1.29, 1.82) is 0 Å². The summed E-state index contributed by atoms with van der Waals surface area (Å²) >= 11 is 0. The molecule has 5 heteroatoms. The number of fused-ring (bicyclic) bond motifs is 1. The zero-order valence-corrected chi connectivity index (χ0v) is 18.7. The van der Waals surface area contributed by atoms with Gasteiger partial charge in [0.15, 0.2) is 5.78 Å². The monoisotopic (exact) mass is 418 g/mol. The molecule has 3 aromatic rings. The SMILES string of the molecule is CCN(CC)c1ccc(C=CC(=O)c2c(N(CC)CC)c3ccccc3oc2=O)cc1. The molecule has 31 heavy (non-hydrogen) atoms. The van der Waals surface area contributed by atoms with E-state index in [0.29, 0.717) is 24.4 Å². The van der Waals surface area contributed by atoms with Crippen molar-refractivity contribution >= 4 is 34.2 Å². The van der Waals surface area contributed by atoms with Crippen LogP contribution in [0.2, 0.25) is 0 Å². The van der Waals surface area contributed by atoms with E-state index in [9.17, 15) is 9.59 Å². The van der Waals surface area contributed by atoms with Crippen LogP contribution >= 0.6 is 0 Å². The fourth-order valence-electron chi connectivity index (χ4n) is 3.86. The summed E-state index contributed by atoms with van der Waals surface area (Å²) in [6.07, 6.45) is 3.20. The minimum absolute atomic E-state index is 0.0819. The van der Waals surface area contributed by atoms with Crippen LogP contribution in [0.4, 0.5) is 11.4 Å². The summed E-state index contributed by atoms with van der Waals surface area (Å²) in [6.45, 7) is 11.5. The smallest absolute Gasteiger partial charge is 0.349 e. The first-order valence-corrected chi connectivity index (χ1v) is 10.9. The summed E-state index contributed by atoms with van der Waals surface area (Å²) in [4.78, 5) is 30.2. The van der Waals surface area contributed by atoms with E-state index < -0.39 is 5.63 Å². The molecule has 0 aliphatic heterocycles. The summed E-state index contributed by atoms with van der Waals surface area (Å²) in [7, 11) is 0. The molecule has 0 radical (unpaired) electrons. The fourth-order valence-corrected chi connectivity index (χ4v) is 3.86. The van der Waals surface area contributed by atoms with Gasteiger partial charge in [-0.3, -0.25) is 4.79 Å². The summed E-state index contributed by atoms with van der Waals surface area (Å²) < 4.78 is 5.47. The summed E-state index contributed by atoms with van der Waals surface area (Å²) in [5, 5.41) is 0.770. The Bertz CT molecular complexity index is 1120.